The second kappa shape index (κ2) is 7.95. The largest absolute Gasteiger partial charge is 0.338 e. The fourth-order valence-corrected chi connectivity index (χ4v) is 3.24. The maximum absolute atomic E-state index is 12.4. The zero-order valence-corrected chi connectivity index (χ0v) is 13.9. The van der Waals surface area contributed by atoms with Crippen LogP contribution in [-0.4, -0.2) is 23.9 Å². The summed E-state index contributed by atoms with van der Waals surface area (Å²) in [7, 11) is 0. The molecule has 1 aromatic rings. The highest BCUT2D eigenvalue weighted by atomic mass is 79.9. The van der Waals surface area contributed by atoms with Crippen molar-refractivity contribution >= 4 is 33.2 Å². The van der Waals surface area contributed by atoms with Gasteiger partial charge in [0.1, 0.15) is 0 Å². The minimum Gasteiger partial charge on any atom is -0.338 e. The number of unbranched alkanes of at least 4 members (excludes halogenated alkanes) is 2. The fraction of sp³-hybridized carbons (Fsp3) is 0.643. The molecule has 18 heavy (non-hydrogen) atoms. The Labute approximate surface area is 123 Å². The van der Waals surface area contributed by atoms with E-state index in [9.17, 15) is 4.79 Å². The van der Waals surface area contributed by atoms with Gasteiger partial charge in [-0.3, -0.25) is 4.79 Å². The molecule has 0 aliphatic rings. The van der Waals surface area contributed by atoms with Crippen LogP contribution in [0.25, 0.3) is 0 Å². The Bertz CT molecular complexity index is 362. The normalized spacial score (nSPS) is 10.7. The third kappa shape index (κ3) is 4.39. The molecule has 0 saturated heterocycles. The smallest absolute Gasteiger partial charge is 0.263 e. The first kappa shape index (κ1) is 15.7. The van der Waals surface area contributed by atoms with Crippen molar-refractivity contribution in [3.8, 4) is 0 Å². The summed E-state index contributed by atoms with van der Waals surface area (Å²) in [6, 6.07) is 1.99. The number of nitrogens with zero attached hydrogens (tertiary/aromatic N) is 1. The van der Waals surface area contributed by atoms with E-state index in [0.29, 0.717) is 0 Å². The Morgan fingerprint density at radius 2 is 1.83 bits per heavy atom. The van der Waals surface area contributed by atoms with Crippen molar-refractivity contribution in [1.29, 1.82) is 0 Å². The highest BCUT2D eigenvalue weighted by Gasteiger charge is 2.17. The molecular formula is C14H22BrNOS. The molecule has 0 atom stereocenters. The Hall–Kier alpha value is -0.350. The van der Waals surface area contributed by atoms with Gasteiger partial charge < -0.3 is 4.90 Å². The Balaban J connectivity index is 2.73. The molecule has 4 heteroatoms. The summed E-state index contributed by atoms with van der Waals surface area (Å²) in [4.78, 5) is 15.3. The van der Waals surface area contributed by atoms with E-state index in [1.54, 1.807) is 11.3 Å². The van der Waals surface area contributed by atoms with E-state index >= 15 is 0 Å². The second-order valence-corrected chi connectivity index (χ2v) is 6.94. The zero-order chi connectivity index (χ0) is 13.5. The predicted molar refractivity (Wildman–Crippen MR) is 82.5 cm³/mol. The Morgan fingerprint density at radius 3 is 2.22 bits per heavy atom. The number of rotatable bonds is 7. The quantitative estimate of drug-likeness (QED) is 0.698. The molecule has 0 fully saturated rings. The van der Waals surface area contributed by atoms with Crippen LogP contribution >= 0.6 is 27.3 Å². The minimum atomic E-state index is 0.190. The summed E-state index contributed by atoms with van der Waals surface area (Å²) in [5.41, 5.74) is 1.15. The van der Waals surface area contributed by atoms with Crippen LogP contribution in [-0.2, 0) is 0 Å². The molecule has 1 aromatic heterocycles. The van der Waals surface area contributed by atoms with Gasteiger partial charge in [0.2, 0.25) is 0 Å². The first-order valence-electron chi connectivity index (χ1n) is 6.65. The van der Waals surface area contributed by atoms with Gasteiger partial charge in [0.25, 0.3) is 5.91 Å². The standard InChI is InChI=1S/C14H22BrNOS/c1-4-6-8-16(9-7-5-2)14(17)12-10-11(3)13(15)18-12/h10H,4-9H2,1-3H3. The van der Waals surface area contributed by atoms with E-state index in [1.807, 2.05) is 17.9 Å². The van der Waals surface area contributed by atoms with Gasteiger partial charge in [0.15, 0.2) is 0 Å². The number of carbonyl (C=O) groups is 1. The van der Waals surface area contributed by atoms with Gasteiger partial charge in [-0.05, 0) is 47.3 Å². The van der Waals surface area contributed by atoms with E-state index in [-0.39, 0.29) is 5.91 Å². The zero-order valence-electron chi connectivity index (χ0n) is 11.5. The highest BCUT2D eigenvalue weighted by Crippen LogP contribution is 2.28. The van der Waals surface area contributed by atoms with Gasteiger partial charge in [-0.25, -0.2) is 0 Å². The SMILES string of the molecule is CCCCN(CCCC)C(=O)c1cc(C)c(Br)s1. The van der Waals surface area contributed by atoms with Crippen LogP contribution in [0.1, 0.15) is 54.8 Å². The topological polar surface area (TPSA) is 20.3 Å². The molecule has 1 rings (SSSR count). The van der Waals surface area contributed by atoms with Crippen molar-refractivity contribution < 1.29 is 4.79 Å². The lowest BCUT2D eigenvalue weighted by atomic mass is 10.2. The van der Waals surface area contributed by atoms with Gasteiger partial charge >= 0.3 is 0 Å². The van der Waals surface area contributed by atoms with Crippen LogP contribution in [0.15, 0.2) is 9.85 Å². The average Bonchev–Trinajstić information content (AvgIpc) is 2.69. The molecule has 1 amide bonds. The summed E-state index contributed by atoms with van der Waals surface area (Å²) in [5.74, 6) is 0.190. The molecule has 0 unspecified atom stereocenters. The van der Waals surface area contributed by atoms with E-state index in [0.717, 1.165) is 53.0 Å². The first-order valence-corrected chi connectivity index (χ1v) is 8.26. The van der Waals surface area contributed by atoms with Gasteiger partial charge in [-0.1, -0.05) is 26.7 Å². The molecule has 0 N–H and O–H groups in total. The number of halogens is 1. The lowest BCUT2D eigenvalue weighted by Crippen LogP contribution is -2.32. The summed E-state index contributed by atoms with van der Waals surface area (Å²) in [6.45, 7) is 8.11. The van der Waals surface area contributed by atoms with Crippen LogP contribution < -0.4 is 0 Å². The van der Waals surface area contributed by atoms with Crippen LogP contribution in [0.3, 0.4) is 0 Å². The maximum Gasteiger partial charge on any atom is 0.263 e. The third-order valence-electron chi connectivity index (χ3n) is 2.92. The minimum absolute atomic E-state index is 0.190. The molecule has 0 aliphatic heterocycles. The number of hydrogen-bond donors (Lipinski definition) is 0. The number of amides is 1. The first-order chi connectivity index (χ1) is 8.60. The van der Waals surface area contributed by atoms with E-state index in [4.69, 9.17) is 0 Å². The monoisotopic (exact) mass is 331 g/mol. The number of carbonyl (C=O) groups excluding carboxylic acids is 1. The van der Waals surface area contributed by atoms with E-state index in [1.165, 1.54) is 0 Å². The fourth-order valence-electron chi connectivity index (χ4n) is 1.73. The molecule has 0 radical (unpaired) electrons. The van der Waals surface area contributed by atoms with Crippen molar-refractivity contribution in [3.05, 3.63) is 20.3 Å². The Morgan fingerprint density at radius 1 is 1.28 bits per heavy atom. The van der Waals surface area contributed by atoms with Crippen LogP contribution in [0.5, 0.6) is 0 Å². The molecule has 0 aromatic carbocycles. The molecule has 1 heterocycles. The molecule has 2 nitrogen and oxygen atoms in total. The van der Waals surface area contributed by atoms with E-state index < -0.39 is 0 Å². The lowest BCUT2D eigenvalue weighted by Gasteiger charge is -2.21. The maximum atomic E-state index is 12.4. The molecule has 0 spiro atoms. The van der Waals surface area contributed by atoms with Crippen molar-refractivity contribution in [2.75, 3.05) is 13.1 Å². The predicted octanol–water partition coefficient (Wildman–Crippen LogP) is 4.86. The average molecular weight is 332 g/mol. The molecular weight excluding hydrogens is 310 g/mol. The molecule has 0 aliphatic carbocycles. The van der Waals surface area contributed by atoms with Gasteiger partial charge in [-0.15, -0.1) is 11.3 Å². The van der Waals surface area contributed by atoms with Gasteiger partial charge in [0.05, 0.1) is 8.66 Å². The van der Waals surface area contributed by atoms with Crippen molar-refractivity contribution in [2.24, 2.45) is 0 Å². The molecule has 0 saturated carbocycles. The van der Waals surface area contributed by atoms with Crippen molar-refractivity contribution in [3.63, 3.8) is 0 Å². The number of hydrogen-bond acceptors (Lipinski definition) is 2. The van der Waals surface area contributed by atoms with Crippen molar-refractivity contribution in [2.45, 2.75) is 46.5 Å². The van der Waals surface area contributed by atoms with Gasteiger partial charge in [-0.2, -0.15) is 0 Å². The molecule has 0 bridgehead atoms. The van der Waals surface area contributed by atoms with E-state index in [2.05, 4.69) is 29.8 Å². The third-order valence-corrected chi connectivity index (χ3v) is 5.04. The second-order valence-electron chi connectivity index (χ2n) is 4.57. The molecule has 102 valence electrons. The number of aryl methyl sites for hydroxylation is 1. The van der Waals surface area contributed by atoms with Crippen molar-refractivity contribution in [1.82, 2.24) is 4.90 Å². The summed E-state index contributed by atoms with van der Waals surface area (Å²) in [6.07, 6.45) is 4.42. The highest BCUT2D eigenvalue weighted by molar-refractivity contribution is 9.11. The number of thiophene rings is 1. The summed E-state index contributed by atoms with van der Waals surface area (Å²) in [5, 5.41) is 0. The lowest BCUT2D eigenvalue weighted by molar-refractivity contribution is 0.0756. The van der Waals surface area contributed by atoms with Crippen LogP contribution in [0.2, 0.25) is 0 Å². The van der Waals surface area contributed by atoms with Crippen LogP contribution in [0, 0.1) is 6.92 Å². The van der Waals surface area contributed by atoms with Crippen LogP contribution in [0.4, 0.5) is 0 Å². The Kier molecular flexibility index (Phi) is 6.94. The summed E-state index contributed by atoms with van der Waals surface area (Å²) < 4.78 is 1.07. The summed E-state index contributed by atoms with van der Waals surface area (Å²) >= 11 is 5.03. The van der Waals surface area contributed by atoms with Gasteiger partial charge in [0, 0.05) is 13.1 Å².